The van der Waals surface area contributed by atoms with E-state index in [1.165, 1.54) is 0 Å². The molecule has 86 valence electrons. The van der Waals surface area contributed by atoms with Gasteiger partial charge < -0.3 is 10.4 Å². The molecule has 0 bridgehead atoms. The molecular weight excluding hydrogens is 202 g/mol. The number of anilines is 1. The smallest absolute Gasteiger partial charge is 0.329 e. The SMILES string of the molecule is Cc1ccccc1NC1(C(=O)O)CC(C)C1. The second-order valence-electron chi connectivity index (χ2n) is 4.84. The monoisotopic (exact) mass is 219 g/mol. The molecule has 0 unspecified atom stereocenters. The number of carboxylic acid groups (broad SMARTS) is 1. The Morgan fingerprint density at radius 3 is 2.56 bits per heavy atom. The van der Waals surface area contributed by atoms with Crippen LogP contribution in [0.5, 0.6) is 0 Å². The van der Waals surface area contributed by atoms with E-state index in [1.54, 1.807) is 0 Å². The largest absolute Gasteiger partial charge is 0.480 e. The predicted octanol–water partition coefficient (Wildman–Crippen LogP) is 2.66. The van der Waals surface area contributed by atoms with Gasteiger partial charge in [0.2, 0.25) is 0 Å². The third-order valence-corrected chi connectivity index (χ3v) is 3.32. The van der Waals surface area contributed by atoms with Crippen molar-refractivity contribution in [3.05, 3.63) is 29.8 Å². The van der Waals surface area contributed by atoms with Gasteiger partial charge in [-0.15, -0.1) is 0 Å². The molecule has 0 aromatic heterocycles. The van der Waals surface area contributed by atoms with Crippen LogP contribution < -0.4 is 5.32 Å². The zero-order valence-corrected chi connectivity index (χ0v) is 9.66. The molecular formula is C13H17NO2. The summed E-state index contributed by atoms with van der Waals surface area (Å²) in [5, 5.41) is 12.5. The Hall–Kier alpha value is -1.51. The molecule has 2 N–H and O–H groups in total. The molecule has 0 aliphatic heterocycles. The van der Waals surface area contributed by atoms with Crippen LogP contribution >= 0.6 is 0 Å². The molecule has 0 saturated heterocycles. The number of hydrogen-bond acceptors (Lipinski definition) is 2. The lowest BCUT2D eigenvalue weighted by Crippen LogP contribution is -2.55. The summed E-state index contributed by atoms with van der Waals surface area (Å²) in [7, 11) is 0. The van der Waals surface area contributed by atoms with Gasteiger partial charge in [-0.1, -0.05) is 25.1 Å². The summed E-state index contributed by atoms with van der Waals surface area (Å²) in [5.74, 6) is -0.249. The van der Waals surface area contributed by atoms with Crippen LogP contribution in [0, 0.1) is 12.8 Å². The molecule has 1 aromatic carbocycles. The van der Waals surface area contributed by atoms with Gasteiger partial charge in [0, 0.05) is 5.69 Å². The van der Waals surface area contributed by atoms with Gasteiger partial charge in [-0.2, -0.15) is 0 Å². The maximum absolute atomic E-state index is 11.3. The van der Waals surface area contributed by atoms with Gasteiger partial charge in [0.1, 0.15) is 5.54 Å². The molecule has 0 heterocycles. The average Bonchev–Trinajstić information content (AvgIpc) is 2.18. The molecule has 0 amide bonds. The molecule has 0 atom stereocenters. The first-order chi connectivity index (χ1) is 7.53. The van der Waals surface area contributed by atoms with Crippen molar-refractivity contribution >= 4 is 11.7 Å². The summed E-state index contributed by atoms with van der Waals surface area (Å²) in [4.78, 5) is 11.3. The van der Waals surface area contributed by atoms with Crippen molar-refractivity contribution in [1.82, 2.24) is 0 Å². The summed E-state index contributed by atoms with van der Waals surface area (Å²) in [6.07, 6.45) is 1.41. The lowest BCUT2D eigenvalue weighted by molar-refractivity contribution is -0.147. The predicted molar refractivity (Wildman–Crippen MR) is 63.6 cm³/mol. The van der Waals surface area contributed by atoms with Gasteiger partial charge in [-0.05, 0) is 37.3 Å². The van der Waals surface area contributed by atoms with Crippen molar-refractivity contribution in [1.29, 1.82) is 0 Å². The lowest BCUT2D eigenvalue weighted by Gasteiger charge is -2.44. The van der Waals surface area contributed by atoms with E-state index in [9.17, 15) is 9.90 Å². The molecule has 3 heteroatoms. The van der Waals surface area contributed by atoms with Gasteiger partial charge in [-0.3, -0.25) is 0 Å². The number of aryl methyl sites for hydroxylation is 1. The number of benzene rings is 1. The standard InChI is InChI=1S/C13H17NO2/c1-9-7-13(8-9,12(15)16)14-11-6-4-3-5-10(11)2/h3-6,9,14H,7-8H2,1-2H3,(H,15,16). The first kappa shape index (κ1) is 11.0. The van der Waals surface area contributed by atoms with Crippen molar-refractivity contribution in [3.8, 4) is 0 Å². The van der Waals surface area contributed by atoms with Crippen molar-refractivity contribution < 1.29 is 9.90 Å². The summed E-state index contributed by atoms with van der Waals surface area (Å²) in [6, 6.07) is 7.80. The molecule has 16 heavy (non-hydrogen) atoms. The van der Waals surface area contributed by atoms with Gasteiger partial charge in [-0.25, -0.2) is 4.79 Å². The van der Waals surface area contributed by atoms with Gasteiger partial charge in [0.15, 0.2) is 0 Å². The van der Waals surface area contributed by atoms with Crippen LogP contribution in [-0.2, 0) is 4.79 Å². The number of carbonyl (C=O) groups is 1. The Labute approximate surface area is 95.5 Å². The van der Waals surface area contributed by atoms with Crippen LogP contribution in [0.2, 0.25) is 0 Å². The summed E-state index contributed by atoms with van der Waals surface area (Å²) in [5.41, 5.74) is 1.27. The van der Waals surface area contributed by atoms with Crippen LogP contribution in [0.15, 0.2) is 24.3 Å². The highest BCUT2D eigenvalue weighted by Crippen LogP contribution is 2.40. The van der Waals surface area contributed by atoms with Gasteiger partial charge in [0.05, 0.1) is 0 Å². The van der Waals surface area contributed by atoms with Crippen molar-refractivity contribution in [3.63, 3.8) is 0 Å². The zero-order valence-electron chi connectivity index (χ0n) is 9.66. The van der Waals surface area contributed by atoms with E-state index < -0.39 is 11.5 Å². The second-order valence-corrected chi connectivity index (χ2v) is 4.84. The highest BCUT2D eigenvalue weighted by molar-refractivity contribution is 5.84. The fourth-order valence-electron chi connectivity index (χ4n) is 2.43. The van der Waals surface area contributed by atoms with Crippen LogP contribution in [0.25, 0.3) is 0 Å². The molecule has 1 aliphatic rings. The second kappa shape index (κ2) is 3.81. The lowest BCUT2D eigenvalue weighted by atomic mass is 9.69. The molecule has 3 nitrogen and oxygen atoms in total. The number of aliphatic carboxylic acids is 1. The van der Waals surface area contributed by atoms with E-state index in [1.807, 2.05) is 31.2 Å². The summed E-state index contributed by atoms with van der Waals surface area (Å²) >= 11 is 0. The molecule has 2 rings (SSSR count). The van der Waals surface area contributed by atoms with E-state index in [2.05, 4.69) is 12.2 Å². The van der Waals surface area contributed by atoms with Gasteiger partial charge in [0.25, 0.3) is 0 Å². The van der Waals surface area contributed by atoms with Crippen molar-refractivity contribution in [2.75, 3.05) is 5.32 Å². The normalized spacial score (nSPS) is 28.2. The number of rotatable bonds is 3. The number of hydrogen-bond donors (Lipinski definition) is 2. The van der Waals surface area contributed by atoms with Crippen molar-refractivity contribution in [2.45, 2.75) is 32.2 Å². The molecule has 0 spiro atoms. The Kier molecular flexibility index (Phi) is 2.62. The molecule has 1 saturated carbocycles. The Morgan fingerprint density at radius 2 is 2.06 bits per heavy atom. The van der Waals surface area contributed by atoms with Crippen LogP contribution in [0.1, 0.15) is 25.3 Å². The van der Waals surface area contributed by atoms with Crippen molar-refractivity contribution in [2.24, 2.45) is 5.92 Å². The Morgan fingerprint density at radius 1 is 1.44 bits per heavy atom. The third-order valence-electron chi connectivity index (χ3n) is 3.32. The number of para-hydroxylation sites is 1. The quantitative estimate of drug-likeness (QED) is 0.821. The molecule has 1 fully saturated rings. The fraction of sp³-hybridized carbons (Fsp3) is 0.462. The summed E-state index contributed by atoms with van der Waals surface area (Å²) < 4.78 is 0. The maximum Gasteiger partial charge on any atom is 0.329 e. The fourth-order valence-corrected chi connectivity index (χ4v) is 2.43. The van der Waals surface area contributed by atoms with E-state index in [4.69, 9.17) is 0 Å². The van der Waals surface area contributed by atoms with E-state index in [-0.39, 0.29) is 0 Å². The summed E-state index contributed by atoms with van der Waals surface area (Å²) in [6.45, 7) is 4.07. The highest BCUT2D eigenvalue weighted by atomic mass is 16.4. The Balaban J connectivity index is 2.20. The van der Waals surface area contributed by atoms with Gasteiger partial charge >= 0.3 is 5.97 Å². The minimum Gasteiger partial charge on any atom is -0.480 e. The highest BCUT2D eigenvalue weighted by Gasteiger charge is 2.48. The first-order valence-electron chi connectivity index (χ1n) is 5.61. The first-order valence-corrected chi connectivity index (χ1v) is 5.61. The minimum atomic E-state index is -0.745. The number of nitrogens with one attached hydrogen (secondary N) is 1. The Bertz CT molecular complexity index is 408. The minimum absolute atomic E-state index is 0.493. The third kappa shape index (κ3) is 1.77. The molecule has 1 aliphatic carbocycles. The molecule has 1 aromatic rings. The van der Waals surface area contributed by atoms with E-state index in [0.29, 0.717) is 18.8 Å². The van der Waals surface area contributed by atoms with E-state index in [0.717, 1.165) is 11.3 Å². The van der Waals surface area contributed by atoms with Crippen LogP contribution in [0.4, 0.5) is 5.69 Å². The molecule has 0 radical (unpaired) electrons. The maximum atomic E-state index is 11.3. The number of carboxylic acids is 1. The zero-order chi connectivity index (χ0) is 11.8. The topological polar surface area (TPSA) is 49.3 Å². The van der Waals surface area contributed by atoms with E-state index >= 15 is 0 Å². The average molecular weight is 219 g/mol. The van der Waals surface area contributed by atoms with Crippen LogP contribution in [0.3, 0.4) is 0 Å². The van der Waals surface area contributed by atoms with Crippen LogP contribution in [-0.4, -0.2) is 16.6 Å².